The lowest BCUT2D eigenvalue weighted by Crippen LogP contribution is -2.21. The third kappa shape index (κ3) is 8.06. The van der Waals surface area contributed by atoms with Gasteiger partial charge in [0, 0.05) is 0 Å². The summed E-state index contributed by atoms with van der Waals surface area (Å²) in [7, 11) is 0. The van der Waals surface area contributed by atoms with E-state index in [2.05, 4.69) is 74.5 Å². The first-order valence-electron chi connectivity index (χ1n) is 14.6. The van der Waals surface area contributed by atoms with Crippen LogP contribution in [0.25, 0.3) is 11.1 Å². The van der Waals surface area contributed by atoms with Crippen LogP contribution in [0.1, 0.15) is 95.1 Å². The highest BCUT2D eigenvalue weighted by atomic mass is 16.5. The molecule has 3 aromatic carbocycles. The molecule has 4 rings (SSSR count). The minimum absolute atomic E-state index is 0.0397. The second-order valence-corrected chi connectivity index (χ2v) is 10.9. The van der Waals surface area contributed by atoms with E-state index in [4.69, 9.17) is 4.74 Å². The molecule has 0 bridgehead atoms. The smallest absolute Gasteiger partial charge is 0.314 e. The Morgan fingerprint density at radius 3 is 2.11 bits per heavy atom. The number of carbonyl (C=O) groups excluding carboxylic acids is 1. The summed E-state index contributed by atoms with van der Waals surface area (Å²) in [5, 5.41) is 0. The normalized spacial score (nSPS) is 18.3. The molecule has 0 saturated heterocycles. The molecule has 37 heavy (non-hydrogen) atoms. The first-order chi connectivity index (χ1) is 18.2. The minimum Gasteiger partial charge on any atom is -0.426 e. The molecule has 1 unspecified atom stereocenters. The van der Waals surface area contributed by atoms with Gasteiger partial charge in [-0.1, -0.05) is 99.8 Å². The maximum Gasteiger partial charge on any atom is 0.314 e. The van der Waals surface area contributed by atoms with Crippen molar-refractivity contribution in [1.82, 2.24) is 0 Å². The molecule has 0 spiro atoms. The van der Waals surface area contributed by atoms with Crippen molar-refractivity contribution in [2.45, 2.75) is 90.4 Å². The van der Waals surface area contributed by atoms with E-state index in [1.165, 1.54) is 60.8 Å². The number of aryl methyl sites for hydroxylation is 1. The Labute approximate surface area is 224 Å². The summed E-state index contributed by atoms with van der Waals surface area (Å²) in [6, 6.07) is 27.7. The molecular formula is C35H44O2. The minimum atomic E-state index is -0.0749. The summed E-state index contributed by atoms with van der Waals surface area (Å²) in [5.74, 6) is 2.15. The molecule has 2 nitrogen and oxygen atoms in total. The van der Waals surface area contributed by atoms with E-state index in [-0.39, 0.29) is 11.9 Å². The zero-order valence-electron chi connectivity index (χ0n) is 22.8. The van der Waals surface area contributed by atoms with Crippen LogP contribution >= 0.6 is 0 Å². The monoisotopic (exact) mass is 496 g/mol. The molecule has 1 fully saturated rings. The quantitative estimate of drug-likeness (QED) is 0.184. The summed E-state index contributed by atoms with van der Waals surface area (Å²) < 4.78 is 5.85. The first-order valence-corrected chi connectivity index (χ1v) is 14.6. The van der Waals surface area contributed by atoms with Crippen LogP contribution in [0.15, 0.2) is 78.9 Å². The Balaban J connectivity index is 1.25. The van der Waals surface area contributed by atoms with Crippen LogP contribution in [0, 0.1) is 11.8 Å². The van der Waals surface area contributed by atoms with Gasteiger partial charge in [-0.25, -0.2) is 0 Å². The fourth-order valence-corrected chi connectivity index (χ4v) is 5.98. The van der Waals surface area contributed by atoms with Crippen molar-refractivity contribution in [3.05, 3.63) is 90.0 Å². The van der Waals surface area contributed by atoms with Crippen molar-refractivity contribution in [1.29, 1.82) is 0 Å². The molecule has 0 aliphatic heterocycles. The van der Waals surface area contributed by atoms with Crippen LogP contribution in [0.3, 0.4) is 0 Å². The van der Waals surface area contributed by atoms with Gasteiger partial charge >= 0.3 is 5.97 Å². The Bertz CT molecular complexity index is 1060. The average molecular weight is 497 g/mol. The van der Waals surface area contributed by atoms with Crippen LogP contribution in [-0.4, -0.2) is 5.97 Å². The van der Waals surface area contributed by atoms with E-state index in [1.54, 1.807) is 0 Å². The summed E-state index contributed by atoms with van der Waals surface area (Å²) >= 11 is 0. The fraction of sp³-hybridized carbons (Fsp3) is 0.457. The summed E-state index contributed by atoms with van der Waals surface area (Å²) in [5.41, 5.74) is 5.21. The lowest BCUT2D eigenvalue weighted by Gasteiger charge is -2.28. The van der Waals surface area contributed by atoms with E-state index in [0.29, 0.717) is 11.7 Å². The van der Waals surface area contributed by atoms with Crippen LogP contribution < -0.4 is 4.74 Å². The van der Waals surface area contributed by atoms with Crippen LogP contribution in [0.2, 0.25) is 0 Å². The van der Waals surface area contributed by atoms with Gasteiger partial charge in [0.2, 0.25) is 0 Å². The SMILES string of the molecule is CCCC1CCC(c2ccc(OC(=O)C(CCC)CCCc3ccc(-c4ccccc4)cc3)cc2)CC1. The lowest BCUT2D eigenvalue weighted by molar-refractivity contribution is -0.139. The zero-order chi connectivity index (χ0) is 25.9. The van der Waals surface area contributed by atoms with E-state index in [0.717, 1.165) is 38.0 Å². The second kappa shape index (κ2) is 14.2. The maximum absolute atomic E-state index is 13.0. The predicted molar refractivity (Wildman–Crippen MR) is 155 cm³/mol. The van der Waals surface area contributed by atoms with Gasteiger partial charge in [0.1, 0.15) is 5.75 Å². The molecular weight excluding hydrogens is 452 g/mol. The van der Waals surface area contributed by atoms with Gasteiger partial charge in [-0.2, -0.15) is 0 Å². The van der Waals surface area contributed by atoms with Gasteiger partial charge in [-0.15, -0.1) is 0 Å². The summed E-state index contributed by atoms with van der Waals surface area (Å²) in [6.07, 6.45) is 12.7. The molecule has 2 heteroatoms. The van der Waals surface area contributed by atoms with Crippen LogP contribution in [-0.2, 0) is 11.2 Å². The third-order valence-electron chi connectivity index (χ3n) is 8.16. The third-order valence-corrected chi connectivity index (χ3v) is 8.16. The lowest BCUT2D eigenvalue weighted by atomic mass is 9.77. The van der Waals surface area contributed by atoms with Gasteiger partial charge in [-0.05, 0) is 97.6 Å². The van der Waals surface area contributed by atoms with Crippen molar-refractivity contribution in [3.8, 4) is 16.9 Å². The predicted octanol–water partition coefficient (Wildman–Crippen LogP) is 9.77. The topological polar surface area (TPSA) is 26.3 Å². The zero-order valence-corrected chi connectivity index (χ0v) is 22.8. The second-order valence-electron chi connectivity index (χ2n) is 10.9. The molecule has 0 radical (unpaired) electrons. The summed E-state index contributed by atoms with van der Waals surface area (Å²) in [6.45, 7) is 4.44. The molecule has 1 saturated carbocycles. The molecule has 196 valence electrons. The van der Waals surface area contributed by atoms with E-state index >= 15 is 0 Å². The number of hydrogen-bond donors (Lipinski definition) is 0. The number of ether oxygens (including phenoxy) is 1. The number of rotatable bonds is 12. The number of hydrogen-bond acceptors (Lipinski definition) is 2. The highest BCUT2D eigenvalue weighted by Gasteiger charge is 2.23. The van der Waals surface area contributed by atoms with Gasteiger partial charge in [0.25, 0.3) is 0 Å². The fourth-order valence-electron chi connectivity index (χ4n) is 5.98. The van der Waals surface area contributed by atoms with Crippen LogP contribution in [0.5, 0.6) is 5.75 Å². The van der Waals surface area contributed by atoms with Crippen molar-refractivity contribution >= 4 is 5.97 Å². The van der Waals surface area contributed by atoms with Gasteiger partial charge < -0.3 is 4.74 Å². The van der Waals surface area contributed by atoms with E-state index in [1.807, 2.05) is 18.2 Å². The summed E-state index contributed by atoms with van der Waals surface area (Å²) in [4.78, 5) is 13.0. The van der Waals surface area contributed by atoms with Crippen molar-refractivity contribution in [2.75, 3.05) is 0 Å². The molecule has 1 atom stereocenters. The van der Waals surface area contributed by atoms with Crippen molar-refractivity contribution in [3.63, 3.8) is 0 Å². The molecule has 0 heterocycles. The Kier molecular flexibility index (Phi) is 10.4. The molecule has 0 amide bonds. The largest absolute Gasteiger partial charge is 0.426 e. The van der Waals surface area contributed by atoms with Crippen LogP contribution in [0.4, 0.5) is 0 Å². The van der Waals surface area contributed by atoms with Gasteiger partial charge in [0.05, 0.1) is 5.92 Å². The maximum atomic E-state index is 13.0. The molecule has 3 aromatic rings. The highest BCUT2D eigenvalue weighted by Crippen LogP contribution is 2.38. The number of benzene rings is 3. The van der Waals surface area contributed by atoms with Crippen molar-refractivity contribution in [2.24, 2.45) is 11.8 Å². The highest BCUT2D eigenvalue weighted by molar-refractivity contribution is 5.75. The standard InChI is InChI=1S/C35H44O2/c1-3-9-27-15-19-31(20-16-27)32-23-25-34(26-24-32)37-35(36)33(10-4-2)14-8-11-28-17-21-30(22-18-28)29-12-6-5-7-13-29/h5-7,12-13,17-18,21-27,31,33H,3-4,8-11,14-16,19-20H2,1-2H3. The molecule has 0 N–H and O–H groups in total. The molecule has 1 aliphatic rings. The van der Waals surface area contributed by atoms with Crippen molar-refractivity contribution < 1.29 is 9.53 Å². The van der Waals surface area contributed by atoms with E-state index in [9.17, 15) is 4.79 Å². The Hall–Kier alpha value is -2.87. The molecule has 0 aromatic heterocycles. The van der Waals surface area contributed by atoms with Gasteiger partial charge in [-0.3, -0.25) is 4.79 Å². The Morgan fingerprint density at radius 1 is 0.784 bits per heavy atom. The number of esters is 1. The van der Waals surface area contributed by atoms with Gasteiger partial charge in [0.15, 0.2) is 0 Å². The average Bonchev–Trinajstić information content (AvgIpc) is 2.94. The van der Waals surface area contributed by atoms with E-state index < -0.39 is 0 Å². The number of carbonyl (C=O) groups is 1. The molecule has 1 aliphatic carbocycles. The first kappa shape index (κ1) is 27.2. The Morgan fingerprint density at radius 2 is 1.46 bits per heavy atom.